The fourth-order valence-corrected chi connectivity index (χ4v) is 2.57. The average molecular weight is 319 g/mol. The summed E-state index contributed by atoms with van der Waals surface area (Å²) < 4.78 is 13.8. The average Bonchev–Trinajstić information content (AvgIpc) is 2.96. The Kier molecular flexibility index (Phi) is 3.63. The molecule has 2 aromatic rings. The van der Waals surface area contributed by atoms with Gasteiger partial charge in [-0.2, -0.15) is 5.10 Å². The molecule has 0 radical (unpaired) electrons. The van der Waals surface area contributed by atoms with Gasteiger partial charge in [0.25, 0.3) is 0 Å². The maximum absolute atomic E-state index is 6.27. The molecule has 1 fully saturated rings. The summed E-state index contributed by atoms with van der Waals surface area (Å²) in [6.45, 7) is 10.2. The van der Waals surface area contributed by atoms with Gasteiger partial charge in [-0.1, -0.05) is 17.7 Å². The molecule has 3 rings (SSSR count). The normalized spacial score (nSPS) is 19.6. The van der Waals surface area contributed by atoms with E-state index in [1.165, 1.54) is 0 Å². The van der Waals surface area contributed by atoms with Crippen LogP contribution in [0.4, 0.5) is 0 Å². The van der Waals surface area contributed by atoms with Crippen LogP contribution in [0.5, 0.6) is 0 Å². The SMILES string of the molecule is Cc1ccc(Cl)c(-n2cc(B3OC(C)(C)C(C)(C)O3)cn2)c1. The van der Waals surface area contributed by atoms with E-state index in [0.717, 1.165) is 16.7 Å². The van der Waals surface area contributed by atoms with Gasteiger partial charge < -0.3 is 9.31 Å². The van der Waals surface area contributed by atoms with Crippen molar-refractivity contribution >= 4 is 24.2 Å². The molecular formula is C16H20BClN2O2. The van der Waals surface area contributed by atoms with Gasteiger partial charge in [0, 0.05) is 17.9 Å². The molecule has 22 heavy (non-hydrogen) atoms. The van der Waals surface area contributed by atoms with Gasteiger partial charge in [-0.15, -0.1) is 0 Å². The second-order valence-electron chi connectivity index (χ2n) is 6.76. The van der Waals surface area contributed by atoms with Crippen LogP contribution in [0.15, 0.2) is 30.6 Å². The second kappa shape index (κ2) is 5.12. The van der Waals surface area contributed by atoms with Crippen molar-refractivity contribution in [1.82, 2.24) is 9.78 Å². The van der Waals surface area contributed by atoms with Crippen LogP contribution in [0.1, 0.15) is 33.3 Å². The minimum Gasteiger partial charge on any atom is -0.399 e. The van der Waals surface area contributed by atoms with E-state index in [1.807, 2.05) is 59.0 Å². The minimum absolute atomic E-state index is 0.360. The first kappa shape index (κ1) is 15.6. The predicted octanol–water partition coefficient (Wildman–Crippen LogP) is 3.13. The Morgan fingerprint density at radius 2 is 1.77 bits per heavy atom. The Hall–Kier alpha value is -1.30. The van der Waals surface area contributed by atoms with E-state index in [9.17, 15) is 0 Å². The Morgan fingerprint density at radius 3 is 2.41 bits per heavy atom. The smallest absolute Gasteiger partial charge is 0.399 e. The summed E-state index contributed by atoms with van der Waals surface area (Å²) in [6.07, 6.45) is 3.67. The van der Waals surface area contributed by atoms with Crippen molar-refractivity contribution in [3.05, 3.63) is 41.2 Å². The zero-order chi connectivity index (χ0) is 16.1. The monoisotopic (exact) mass is 318 g/mol. The zero-order valence-electron chi connectivity index (χ0n) is 13.6. The van der Waals surface area contributed by atoms with Gasteiger partial charge in [-0.25, -0.2) is 4.68 Å². The molecule has 0 aliphatic carbocycles. The summed E-state index contributed by atoms with van der Waals surface area (Å²) in [5.41, 5.74) is 2.15. The van der Waals surface area contributed by atoms with E-state index in [2.05, 4.69) is 5.10 Å². The lowest BCUT2D eigenvalue weighted by atomic mass is 9.82. The summed E-state index contributed by atoms with van der Waals surface area (Å²) in [6, 6.07) is 5.86. The molecule has 0 saturated carbocycles. The summed E-state index contributed by atoms with van der Waals surface area (Å²) in [5, 5.41) is 5.06. The number of halogens is 1. The van der Waals surface area contributed by atoms with Crippen molar-refractivity contribution in [2.24, 2.45) is 0 Å². The topological polar surface area (TPSA) is 36.3 Å². The molecule has 1 aromatic carbocycles. The largest absolute Gasteiger partial charge is 0.498 e. The fourth-order valence-electron chi connectivity index (χ4n) is 2.37. The minimum atomic E-state index is -0.415. The van der Waals surface area contributed by atoms with Crippen molar-refractivity contribution in [2.75, 3.05) is 0 Å². The van der Waals surface area contributed by atoms with Crippen LogP contribution >= 0.6 is 11.6 Å². The molecular weight excluding hydrogens is 298 g/mol. The summed E-state index contributed by atoms with van der Waals surface area (Å²) in [5.74, 6) is 0. The van der Waals surface area contributed by atoms with Crippen molar-refractivity contribution in [3.63, 3.8) is 0 Å². The first-order valence-corrected chi connectivity index (χ1v) is 7.74. The van der Waals surface area contributed by atoms with Gasteiger partial charge in [0.1, 0.15) is 0 Å². The number of rotatable bonds is 2. The lowest BCUT2D eigenvalue weighted by Crippen LogP contribution is -2.41. The highest BCUT2D eigenvalue weighted by Gasteiger charge is 2.52. The van der Waals surface area contributed by atoms with Gasteiger partial charge >= 0.3 is 7.12 Å². The number of benzene rings is 1. The standard InChI is InChI=1S/C16H20BClN2O2/c1-11-6-7-13(18)14(8-11)20-10-12(9-19-20)17-21-15(2,3)16(4,5)22-17/h6-10H,1-5H3. The van der Waals surface area contributed by atoms with Crippen LogP contribution in [0.25, 0.3) is 5.69 Å². The molecule has 0 N–H and O–H groups in total. The Balaban J connectivity index is 1.91. The van der Waals surface area contributed by atoms with E-state index in [1.54, 1.807) is 10.9 Å². The number of aromatic nitrogens is 2. The molecule has 6 heteroatoms. The summed E-state index contributed by atoms with van der Waals surface area (Å²) in [7, 11) is -0.415. The molecule has 1 aromatic heterocycles. The molecule has 4 nitrogen and oxygen atoms in total. The van der Waals surface area contributed by atoms with Crippen LogP contribution in [-0.2, 0) is 9.31 Å². The van der Waals surface area contributed by atoms with Crippen LogP contribution in [0, 0.1) is 6.92 Å². The van der Waals surface area contributed by atoms with Gasteiger partial charge in [0.15, 0.2) is 0 Å². The highest BCUT2D eigenvalue weighted by Crippen LogP contribution is 2.36. The molecule has 0 bridgehead atoms. The van der Waals surface area contributed by atoms with E-state index in [0.29, 0.717) is 5.02 Å². The number of aryl methyl sites for hydroxylation is 1. The molecule has 2 heterocycles. The van der Waals surface area contributed by atoms with E-state index in [4.69, 9.17) is 20.9 Å². The van der Waals surface area contributed by atoms with E-state index >= 15 is 0 Å². The molecule has 0 atom stereocenters. The third-order valence-electron chi connectivity index (χ3n) is 4.48. The highest BCUT2D eigenvalue weighted by molar-refractivity contribution is 6.62. The predicted molar refractivity (Wildman–Crippen MR) is 89.0 cm³/mol. The molecule has 116 valence electrons. The third kappa shape index (κ3) is 2.58. The zero-order valence-corrected chi connectivity index (χ0v) is 14.3. The van der Waals surface area contributed by atoms with Gasteiger partial charge in [0.2, 0.25) is 0 Å². The van der Waals surface area contributed by atoms with Crippen LogP contribution in [-0.4, -0.2) is 28.1 Å². The molecule has 1 aliphatic rings. The second-order valence-corrected chi connectivity index (χ2v) is 7.17. The molecule has 1 aliphatic heterocycles. The van der Waals surface area contributed by atoms with Crippen molar-refractivity contribution in [1.29, 1.82) is 0 Å². The Labute approximate surface area is 136 Å². The molecule has 0 unspecified atom stereocenters. The number of hydrogen-bond donors (Lipinski definition) is 0. The lowest BCUT2D eigenvalue weighted by molar-refractivity contribution is 0.00578. The maximum atomic E-state index is 6.27. The van der Waals surface area contributed by atoms with Crippen LogP contribution < -0.4 is 5.46 Å². The maximum Gasteiger partial charge on any atom is 0.498 e. The van der Waals surface area contributed by atoms with Crippen molar-refractivity contribution < 1.29 is 9.31 Å². The van der Waals surface area contributed by atoms with Crippen molar-refractivity contribution in [3.8, 4) is 5.69 Å². The van der Waals surface area contributed by atoms with Crippen LogP contribution in [0.3, 0.4) is 0 Å². The van der Waals surface area contributed by atoms with E-state index in [-0.39, 0.29) is 11.2 Å². The highest BCUT2D eigenvalue weighted by atomic mass is 35.5. The molecule has 1 saturated heterocycles. The van der Waals surface area contributed by atoms with Gasteiger partial charge in [0.05, 0.1) is 21.9 Å². The van der Waals surface area contributed by atoms with E-state index < -0.39 is 7.12 Å². The van der Waals surface area contributed by atoms with Crippen LogP contribution in [0.2, 0.25) is 5.02 Å². The molecule has 0 amide bonds. The quantitative estimate of drug-likeness (QED) is 0.798. The van der Waals surface area contributed by atoms with Gasteiger partial charge in [-0.05, 0) is 52.3 Å². The van der Waals surface area contributed by atoms with Crippen molar-refractivity contribution in [2.45, 2.75) is 45.8 Å². The molecule has 0 spiro atoms. The fraction of sp³-hybridized carbons (Fsp3) is 0.438. The summed E-state index contributed by atoms with van der Waals surface area (Å²) >= 11 is 6.27. The number of nitrogens with zero attached hydrogens (tertiary/aromatic N) is 2. The van der Waals surface area contributed by atoms with Gasteiger partial charge in [-0.3, -0.25) is 0 Å². The first-order valence-electron chi connectivity index (χ1n) is 7.36. The lowest BCUT2D eigenvalue weighted by Gasteiger charge is -2.32. The first-order chi connectivity index (χ1) is 10.2. The third-order valence-corrected chi connectivity index (χ3v) is 4.80. The number of hydrogen-bond acceptors (Lipinski definition) is 3. The Bertz CT molecular complexity index is 696. The summed E-state index contributed by atoms with van der Waals surface area (Å²) in [4.78, 5) is 0. The Morgan fingerprint density at radius 1 is 1.14 bits per heavy atom.